The van der Waals surface area contributed by atoms with Gasteiger partial charge in [-0.1, -0.05) is 96.6 Å². The van der Waals surface area contributed by atoms with Gasteiger partial charge < -0.3 is 5.32 Å². The Hall–Kier alpha value is -4.18. The van der Waals surface area contributed by atoms with Gasteiger partial charge >= 0.3 is 0 Å². The van der Waals surface area contributed by atoms with Crippen molar-refractivity contribution in [3.8, 4) is 0 Å². The van der Waals surface area contributed by atoms with Gasteiger partial charge in [-0.05, 0) is 29.5 Å². The van der Waals surface area contributed by atoms with Crippen LogP contribution in [0.2, 0.25) is 0 Å². The number of aryl methyl sites for hydroxylation is 1. The first kappa shape index (κ1) is 19.8. The summed E-state index contributed by atoms with van der Waals surface area (Å²) in [5.41, 5.74) is 4.27. The molecular formula is C28H22N2O2. The van der Waals surface area contributed by atoms with Crippen LogP contribution in [0.5, 0.6) is 0 Å². The first-order chi connectivity index (χ1) is 15.6. The highest BCUT2D eigenvalue weighted by molar-refractivity contribution is 6.36. The molecule has 1 aliphatic rings. The van der Waals surface area contributed by atoms with Crippen LogP contribution in [0.15, 0.2) is 103 Å². The van der Waals surface area contributed by atoms with Crippen LogP contribution in [0.25, 0.3) is 16.3 Å². The van der Waals surface area contributed by atoms with Gasteiger partial charge in [0.25, 0.3) is 11.8 Å². The zero-order valence-corrected chi connectivity index (χ0v) is 17.7. The summed E-state index contributed by atoms with van der Waals surface area (Å²) in [4.78, 5) is 28.3. The molecule has 4 heteroatoms. The Morgan fingerprint density at radius 3 is 2.19 bits per heavy atom. The monoisotopic (exact) mass is 418 g/mol. The van der Waals surface area contributed by atoms with E-state index < -0.39 is 0 Å². The zero-order valence-electron chi connectivity index (χ0n) is 17.7. The fourth-order valence-corrected chi connectivity index (χ4v) is 4.05. The lowest BCUT2D eigenvalue weighted by Gasteiger charge is -2.16. The Labute approximate surface area is 186 Å². The van der Waals surface area contributed by atoms with Gasteiger partial charge in [-0.25, -0.2) is 0 Å². The summed E-state index contributed by atoms with van der Waals surface area (Å²) >= 11 is 0. The van der Waals surface area contributed by atoms with Crippen LogP contribution in [0.1, 0.15) is 16.7 Å². The molecule has 4 nitrogen and oxygen atoms in total. The number of hydrogen-bond acceptors (Lipinski definition) is 3. The lowest BCUT2D eigenvalue weighted by Crippen LogP contribution is -2.32. The van der Waals surface area contributed by atoms with E-state index in [1.54, 1.807) is 0 Å². The quantitative estimate of drug-likeness (QED) is 0.433. The first-order valence-electron chi connectivity index (χ1n) is 10.6. The number of carbonyl (C=O) groups is 2. The van der Waals surface area contributed by atoms with Crippen LogP contribution in [0.4, 0.5) is 5.69 Å². The van der Waals surface area contributed by atoms with E-state index in [0.29, 0.717) is 11.3 Å². The Morgan fingerprint density at radius 1 is 0.719 bits per heavy atom. The second-order valence-corrected chi connectivity index (χ2v) is 7.95. The molecule has 0 bridgehead atoms. The van der Waals surface area contributed by atoms with Gasteiger partial charge in [0.2, 0.25) is 0 Å². The summed E-state index contributed by atoms with van der Waals surface area (Å²) in [6.45, 7) is 2.24. The average Bonchev–Trinajstić information content (AvgIpc) is 3.05. The molecular weight excluding hydrogens is 396 g/mol. The number of hydrogen-bond donors (Lipinski definition) is 1. The molecule has 0 aliphatic carbocycles. The topological polar surface area (TPSA) is 49.4 Å². The SMILES string of the molecule is Cc1ccc(CN2C(=O)C(Nc3cccc4ccccc34)=C(c3ccccc3)C2=O)cc1. The molecule has 0 unspecified atom stereocenters. The van der Waals surface area contributed by atoms with Crippen LogP contribution in [0.3, 0.4) is 0 Å². The number of nitrogens with zero attached hydrogens (tertiary/aromatic N) is 1. The number of amides is 2. The molecule has 0 aromatic heterocycles. The predicted molar refractivity (Wildman–Crippen MR) is 128 cm³/mol. The summed E-state index contributed by atoms with van der Waals surface area (Å²) in [5.74, 6) is -0.605. The molecule has 0 saturated carbocycles. The fourth-order valence-electron chi connectivity index (χ4n) is 4.05. The van der Waals surface area contributed by atoms with Crippen molar-refractivity contribution in [2.24, 2.45) is 0 Å². The smallest absolute Gasteiger partial charge is 0.278 e. The van der Waals surface area contributed by atoms with Gasteiger partial charge in [-0.15, -0.1) is 0 Å². The lowest BCUT2D eigenvalue weighted by atomic mass is 10.0. The minimum absolute atomic E-state index is 0.231. The van der Waals surface area contributed by atoms with Crippen LogP contribution in [-0.2, 0) is 16.1 Å². The van der Waals surface area contributed by atoms with Gasteiger partial charge in [-0.2, -0.15) is 0 Å². The Balaban J connectivity index is 1.57. The number of fused-ring (bicyclic) bond motifs is 1. The van der Waals surface area contributed by atoms with Crippen LogP contribution in [-0.4, -0.2) is 16.7 Å². The van der Waals surface area contributed by atoms with Gasteiger partial charge in [0.15, 0.2) is 0 Å². The van der Waals surface area contributed by atoms with Gasteiger partial charge in [0.1, 0.15) is 5.70 Å². The van der Waals surface area contributed by atoms with Crippen molar-refractivity contribution in [3.05, 3.63) is 119 Å². The fraction of sp³-hybridized carbons (Fsp3) is 0.0714. The highest BCUT2D eigenvalue weighted by Gasteiger charge is 2.39. The first-order valence-corrected chi connectivity index (χ1v) is 10.6. The van der Waals surface area contributed by atoms with Crippen molar-refractivity contribution in [3.63, 3.8) is 0 Å². The number of carbonyl (C=O) groups excluding carboxylic acids is 2. The van der Waals surface area contributed by atoms with Crippen molar-refractivity contribution in [2.45, 2.75) is 13.5 Å². The number of anilines is 1. The van der Waals surface area contributed by atoms with E-state index in [2.05, 4.69) is 5.32 Å². The molecule has 32 heavy (non-hydrogen) atoms. The molecule has 0 radical (unpaired) electrons. The van der Waals surface area contributed by atoms with Gasteiger partial charge in [0.05, 0.1) is 12.1 Å². The lowest BCUT2D eigenvalue weighted by molar-refractivity contribution is -0.137. The zero-order chi connectivity index (χ0) is 22.1. The summed E-state index contributed by atoms with van der Waals surface area (Å²) in [7, 11) is 0. The molecule has 4 aromatic rings. The minimum atomic E-state index is -0.317. The summed E-state index contributed by atoms with van der Waals surface area (Å²) in [6, 6.07) is 31.1. The van der Waals surface area contributed by atoms with Crippen molar-refractivity contribution < 1.29 is 9.59 Å². The summed E-state index contributed by atoms with van der Waals surface area (Å²) < 4.78 is 0. The Bertz CT molecular complexity index is 1350. The van der Waals surface area contributed by atoms with Gasteiger partial charge in [-0.3, -0.25) is 14.5 Å². The molecule has 0 saturated heterocycles. The van der Waals surface area contributed by atoms with E-state index >= 15 is 0 Å². The third kappa shape index (κ3) is 3.56. The molecule has 1 N–H and O–H groups in total. The molecule has 4 aromatic carbocycles. The molecule has 156 valence electrons. The number of rotatable bonds is 5. The third-order valence-electron chi connectivity index (χ3n) is 5.74. The second kappa shape index (κ2) is 8.16. The molecule has 2 amide bonds. The summed E-state index contributed by atoms with van der Waals surface area (Å²) in [6.07, 6.45) is 0. The number of imide groups is 1. The maximum atomic E-state index is 13.5. The maximum Gasteiger partial charge on any atom is 0.278 e. The van der Waals surface area contributed by atoms with E-state index in [1.165, 1.54) is 4.90 Å². The van der Waals surface area contributed by atoms with E-state index in [4.69, 9.17) is 0 Å². The van der Waals surface area contributed by atoms with Crippen LogP contribution in [0, 0.1) is 6.92 Å². The highest BCUT2D eigenvalue weighted by Crippen LogP contribution is 2.33. The second-order valence-electron chi connectivity index (χ2n) is 7.95. The van der Waals surface area contributed by atoms with Crippen LogP contribution < -0.4 is 5.32 Å². The molecule has 0 fully saturated rings. The van der Waals surface area contributed by atoms with E-state index in [-0.39, 0.29) is 18.4 Å². The van der Waals surface area contributed by atoms with E-state index in [0.717, 1.165) is 33.2 Å². The highest BCUT2D eigenvalue weighted by atomic mass is 16.2. The number of nitrogens with one attached hydrogen (secondary N) is 1. The molecule has 5 rings (SSSR count). The van der Waals surface area contributed by atoms with E-state index in [1.807, 2.05) is 104 Å². The maximum absolute atomic E-state index is 13.5. The van der Waals surface area contributed by atoms with Crippen molar-refractivity contribution in [2.75, 3.05) is 5.32 Å². The molecule has 1 heterocycles. The van der Waals surface area contributed by atoms with Crippen LogP contribution >= 0.6 is 0 Å². The standard InChI is InChI=1S/C28H22N2O2/c1-19-14-16-20(17-15-19)18-30-27(31)25(22-9-3-2-4-10-22)26(28(30)32)29-24-13-7-11-21-8-5-6-12-23(21)24/h2-17,29H,18H2,1H3. The van der Waals surface area contributed by atoms with Gasteiger partial charge in [0, 0.05) is 11.1 Å². The molecule has 1 aliphatic heterocycles. The van der Waals surface area contributed by atoms with Crippen molar-refractivity contribution in [1.82, 2.24) is 4.90 Å². The number of benzene rings is 4. The third-order valence-corrected chi connectivity index (χ3v) is 5.74. The Kier molecular flexibility index (Phi) is 5.04. The minimum Gasteiger partial charge on any atom is -0.350 e. The predicted octanol–water partition coefficient (Wildman–Crippen LogP) is 5.54. The van der Waals surface area contributed by atoms with Crippen molar-refractivity contribution in [1.29, 1.82) is 0 Å². The molecule has 0 atom stereocenters. The van der Waals surface area contributed by atoms with E-state index in [9.17, 15) is 9.59 Å². The molecule has 0 spiro atoms. The Morgan fingerprint density at radius 2 is 1.41 bits per heavy atom. The summed E-state index contributed by atoms with van der Waals surface area (Å²) in [5, 5.41) is 5.36. The normalized spacial score (nSPS) is 13.8. The largest absolute Gasteiger partial charge is 0.350 e. The van der Waals surface area contributed by atoms with Crippen molar-refractivity contribution >= 4 is 33.8 Å². The average molecular weight is 418 g/mol.